The maximum atomic E-state index is 13.6. The average Bonchev–Trinajstić information content (AvgIpc) is 2.69. The molecule has 2 heterocycles. The average molecular weight is 350 g/mol. The number of aromatic nitrogens is 2. The Labute approximate surface area is 151 Å². The Kier molecular flexibility index (Phi) is 5.88. The summed E-state index contributed by atoms with van der Waals surface area (Å²) in [5, 5.41) is 5.99. The van der Waals surface area contributed by atoms with E-state index in [1.807, 2.05) is 18.2 Å². The Morgan fingerprint density at radius 2 is 1.85 bits per heavy atom. The van der Waals surface area contributed by atoms with Gasteiger partial charge >= 0.3 is 0 Å². The van der Waals surface area contributed by atoms with Crippen LogP contribution in [0.2, 0.25) is 0 Å². The third kappa shape index (κ3) is 4.86. The Morgan fingerprint density at radius 1 is 1.04 bits per heavy atom. The lowest BCUT2D eigenvalue weighted by atomic mass is 10.1. The first-order valence-electron chi connectivity index (χ1n) is 8.33. The van der Waals surface area contributed by atoms with Gasteiger partial charge in [0.25, 0.3) is 5.91 Å². The number of hydrogen-bond acceptors (Lipinski definition) is 4. The second-order valence-corrected chi connectivity index (χ2v) is 5.74. The number of nitrogens with one attached hydrogen (secondary N) is 2. The van der Waals surface area contributed by atoms with E-state index in [0.29, 0.717) is 30.8 Å². The minimum absolute atomic E-state index is 0.200. The Balaban J connectivity index is 1.48. The van der Waals surface area contributed by atoms with E-state index in [-0.39, 0.29) is 11.7 Å². The van der Waals surface area contributed by atoms with Crippen LogP contribution in [0, 0.1) is 5.82 Å². The molecule has 1 aromatic carbocycles. The topological polar surface area (TPSA) is 66.9 Å². The zero-order valence-corrected chi connectivity index (χ0v) is 14.2. The number of amides is 1. The van der Waals surface area contributed by atoms with Crippen molar-refractivity contribution in [3.05, 3.63) is 89.8 Å². The van der Waals surface area contributed by atoms with Crippen molar-refractivity contribution in [3.8, 4) is 0 Å². The molecule has 1 amide bonds. The number of rotatable bonds is 7. The van der Waals surface area contributed by atoms with Gasteiger partial charge in [-0.15, -0.1) is 0 Å². The highest BCUT2D eigenvalue weighted by Crippen LogP contribution is 2.10. The van der Waals surface area contributed by atoms with Crippen LogP contribution in [0.1, 0.15) is 21.6 Å². The fraction of sp³-hybridized carbons (Fsp3) is 0.150. The molecule has 132 valence electrons. The van der Waals surface area contributed by atoms with Gasteiger partial charge in [-0.25, -0.2) is 9.37 Å². The van der Waals surface area contributed by atoms with E-state index in [1.165, 1.54) is 6.07 Å². The molecule has 3 aromatic rings. The van der Waals surface area contributed by atoms with Crippen molar-refractivity contribution in [2.75, 3.05) is 11.9 Å². The minimum atomic E-state index is -0.236. The number of carbonyl (C=O) groups excluding carboxylic acids is 1. The summed E-state index contributed by atoms with van der Waals surface area (Å²) in [6, 6.07) is 13.9. The van der Waals surface area contributed by atoms with E-state index in [4.69, 9.17) is 0 Å². The molecule has 0 aliphatic heterocycles. The van der Waals surface area contributed by atoms with Crippen molar-refractivity contribution in [2.24, 2.45) is 0 Å². The number of halogens is 1. The van der Waals surface area contributed by atoms with E-state index in [9.17, 15) is 9.18 Å². The highest BCUT2D eigenvalue weighted by molar-refractivity contribution is 5.92. The van der Waals surface area contributed by atoms with Crippen LogP contribution in [0.25, 0.3) is 0 Å². The van der Waals surface area contributed by atoms with Crippen molar-refractivity contribution in [1.82, 2.24) is 15.3 Å². The second-order valence-electron chi connectivity index (χ2n) is 5.74. The normalized spacial score (nSPS) is 10.3. The number of anilines is 1. The van der Waals surface area contributed by atoms with Gasteiger partial charge in [0.2, 0.25) is 0 Å². The smallest absolute Gasteiger partial charge is 0.270 e. The van der Waals surface area contributed by atoms with Gasteiger partial charge in [0.15, 0.2) is 0 Å². The monoisotopic (exact) mass is 350 g/mol. The van der Waals surface area contributed by atoms with Crippen LogP contribution < -0.4 is 10.6 Å². The molecule has 0 spiro atoms. The van der Waals surface area contributed by atoms with Crippen LogP contribution in [0.15, 0.2) is 67.1 Å². The van der Waals surface area contributed by atoms with E-state index in [1.54, 1.807) is 42.9 Å². The molecule has 0 radical (unpaired) electrons. The molecule has 0 atom stereocenters. The van der Waals surface area contributed by atoms with Crippen LogP contribution in [0.5, 0.6) is 0 Å². The lowest BCUT2D eigenvalue weighted by molar-refractivity contribution is 0.0946. The lowest BCUT2D eigenvalue weighted by Crippen LogP contribution is -2.23. The lowest BCUT2D eigenvalue weighted by Gasteiger charge is -2.08. The summed E-state index contributed by atoms with van der Waals surface area (Å²) >= 11 is 0. The van der Waals surface area contributed by atoms with Crippen molar-refractivity contribution in [2.45, 2.75) is 13.0 Å². The Bertz CT molecular complexity index is 853. The second kappa shape index (κ2) is 8.71. The van der Waals surface area contributed by atoms with E-state index >= 15 is 0 Å². The van der Waals surface area contributed by atoms with Crippen molar-refractivity contribution >= 4 is 11.6 Å². The maximum Gasteiger partial charge on any atom is 0.270 e. The fourth-order valence-electron chi connectivity index (χ4n) is 2.45. The molecule has 2 aromatic heterocycles. The summed E-state index contributed by atoms with van der Waals surface area (Å²) in [5.41, 5.74) is 2.77. The first-order chi connectivity index (χ1) is 12.7. The summed E-state index contributed by atoms with van der Waals surface area (Å²) in [6.07, 6.45) is 5.53. The van der Waals surface area contributed by atoms with Crippen LogP contribution in [0.4, 0.5) is 10.1 Å². The van der Waals surface area contributed by atoms with Gasteiger partial charge < -0.3 is 10.6 Å². The maximum absolute atomic E-state index is 13.6. The quantitative estimate of drug-likeness (QED) is 0.687. The summed E-state index contributed by atoms with van der Waals surface area (Å²) in [7, 11) is 0. The molecule has 0 aliphatic rings. The molecular weight excluding hydrogens is 331 g/mol. The van der Waals surface area contributed by atoms with Crippen LogP contribution in [0.3, 0.4) is 0 Å². The fourth-order valence-corrected chi connectivity index (χ4v) is 2.45. The SMILES string of the molecule is O=C(NCc1ccncc1)c1ccc(NCCc2ccccc2F)cn1. The zero-order chi connectivity index (χ0) is 18.2. The summed E-state index contributed by atoms with van der Waals surface area (Å²) in [6.45, 7) is 1.00. The third-order valence-electron chi connectivity index (χ3n) is 3.88. The number of hydrogen-bond donors (Lipinski definition) is 2. The highest BCUT2D eigenvalue weighted by Gasteiger charge is 2.07. The van der Waals surface area contributed by atoms with Gasteiger partial charge in [-0.05, 0) is 47.9 Å². The van der Waals surface area contributed by atoms with Crippen molar-refractivity contribution in [1.29, 1.82) is 0 Å². The minimum Gasteiger partial charge on any atom is -0.383 e. The molecule has 0 aliphatic carbocycles. The summed E-state index contributed by atoms with van der Waals surface area (Å²) in [4.78, 5) is 20.2. The first-order valence-corrected chi connectivity index (χ1v) is 8.33. The highest BCUT2D eigenvalue weighted by atomic mass is 19.1. The van der Waals surface area contributed by atoms with Gasteiger partial charge in [-0.1, -0.05) is 18.2 Å². The van der Waals surface area contributed by atoms with Crippen LogP contribution in [-0.4, -0.2) is 22.4 Å². The molecule has 3 rings (SSSR count). The molecule has 6 heteroatoms. The summed E-state index contributed by atoms with van der Waals surface area (Å²) in [5.74, 6) is -0.437. The number of nitrogens with zero attached hydrogens (tertiary/aromatic N) is 2. The predicted molar refractivity (Wildman–Crippen MR) is 98.2 cm³/mol. The molecular formula is C20H19FN4O. The van der Waals surface area contributed by atoms with Gasteiger partial charge in [-0.3, -0.25) is 9.78 Å². The molecule has 0 bridgehead atoms. The van der Waals surface area contributed by atoms with Crippen LogP contribution in [-0.2, 0) is 13.0 Å². The third-order valence-corrected chi connectivity index (χ3v) is 3.88. The van der Waals surface area contributed by atoms with Crippen LogP contribution >= 0.6 is 0 Å². The van der Waals surface area contributed by atoms with Gasteiger partial charge in [0.1, 0.15) is 11.5 Å². The molecule has 26 heavy (non-hydrogen) atoms. The van der Waals surface area contributed by atoms with Gasteiger partial charge in [0, 0.05) is 25.5 Å². The van der Waals surface area contributed by atoms with E-state index < -0.39 is 0 Å². The van der Waals surface area contributed by atoms with Crippen molar-refractivity contribution < 1.29 is 9.18 Å². The first kappa shape index (κ1) is 17.5. The molecule has 5 nitrogen and oxygen atoms in total. The van der Waals surface area contributed by atoms with Gasteiger partial charge in [0.05, 0.1) is 11.9 Å². The standard InChI is InChI=1S/C20H19FN4O/c21-18-4-2-1-3-16(18)9-12-23-17-5-6-19(24-14-17)20(26)25-13-15-7-10-22-11-8-15/h1-8,10-11,14,23H,9,12-13H2,(H,25,26). The summed E-state index contributed by atoms with van der Waals surface area (Å²) < 4.78 is 13.6. The molecule has 0 saturated carbocycles. The number of pyridine rings is 2. The Hall–Kier alpha value is -3.28. The largest absolute Gasteiger partial charge is 0.383 e. The zero-order valence-electron chi connectivity index (χ0n) is 14.2. The van der Waals surface area contributed by atoms with E-state index in [0.717, 1.165) is 11.3 Å². The predicted octanol–water partition coefficient (Wildman–Crippen LogP) is 3.20. The molecule has 0 unspecified atom stereocenters. The Morgan fingerprint density at radius 3 is 2.58 bits per heavy atom. The molecule has 0 fully saturated rings. The van der Waals surface area contributed by atoms with Crippen molar-refractivity contribution in [3.63, 3.8) is 0 Å². The molecule has 2 N–H and O–H groups in total. The van der Waals surface area contributed by atoms with Gasteiger partial charge in [-0.2, -0.15) is 0 Å². The molecule has 0 saturated heterocycles. The van der Waals surface area contributed by atoms with E-state index in [2.05, 4.69) is 20.6 Å². The number of benzene rings is 1. The number of carbonyl (C=O) groups is 1.